The van der Waals surface area contributed by atoms with Crippen LogP contribution in [0.15, 0.2) is 28.9 Å². The molecule has 2 aromatic rings. The molecule has 0 bridgehead atoms. The van der Waals surface area contributed by atoms with E-state index in [1.54, 1.807) is 18.2 Å². The number of benzene rings is 1. The van der Waals surface area contributed by atoms with Crippen molar-refractivity contribution in [3.8, 4) is 5.75 Å². The molecule has 0 aliphatic heterocycles. The van der Waals surface area contributed by atoms with E-state index < -0.39 is 5.91 Å². The van der Waals surface area contributed by atoms with Crippen molar-refractivity contribution in [2.45, 2.75) is 32.6 Å². The van der Waals surface area contributed by atoms with Crippen molar-refractivity contribution in [2.24, 2.45) is 5.92 Å². The minimum atomic E-state index is -0.390. The van der Waals surface area contributed by atoms with Gasteiger partial charge < -0.3 is 9.15 Å². The van der Waals surface area contributed by atoms with Crippen LogP contribution in [0.4, 0.5) is 6.01 Å². The first-order chi connectivity index (χ1) is 11.0. The maximum atomic E-state index is 12.5. The lowest BCUT2D eigenvalue weighted by molar-refractivity contribution is 0.102. The Bertz CT molecular complexity index is 708. The van der Waals surface area contributed by atoms with E-state index in [1.807, 2.05) is 13.8 Å². The maximum absolute atomic E-state index is 12.5. The van der Waals surface area contributed by atoms with E-state index in [-0.39, 0.29) is 11.9 Å². The average Bonchev–Trinajstić information content (AvgIpc) is 3.22. The SMILES string of the molecule is CC(C)c1coc(NC(=O)c2c(Cl)cccc2OCC2CC2)n1. The van der Waals surface area contributed by atoms with E-state index in [0.717, 1.165) is 5.69 Å². The monoisotopic (exact) mass is 334 g/mol. The quantitative estimate of drug-likeness (QED) is 0.845. The van der Waals surface area contributed by atoms with Crippen molar-refractivity contribution < 1.29 is 13.9 Å². The highest BCUT2D eigenvalue weighted by atomic mass is 35.5. The van der Waals surface area contributed by atoms with Crippen molar-refractivity contribution in [1.29, 1.82) is 0 Å². The Morgan fingerprint density at radius 3 is 2.91 bits per heavy atom. The first kappa shape index (κ1) is 15.9. The zero-order valence-corrected chi connectivity index (χ0v) is 13.9. The van der Waals surface area contributed by atoms with Gasteiger partial charge in [-0.05, 0) is 36.8 Å². The zero-order chi connectivity index (χ0) is 16.4. The number of amides is 1. The topological polar surface area (TPSA) is 64.4 Å². The van der Waals surface area contributed by atoms with Crippen LogP contribution in [0.5, 0.6) is 5.75 Å². The van der Waals surface area contributed by atoms with Crippen LogP contribution in [0, 0.1) is 5.92 Å². The summed E-state index contributed by atoms with van der Waals surface area (Å²) in [7, 11) is 0. The third-order valence-corrected chi connectivity index (χ3v) is 4.02. The van der Waals surface area contributed by atoms with E-state index in [0.29, 0.717) is 28.9 Å². The minimum absolute atomic E-state index is 0.159. The van der Waals surface area contributed by atoms with Gasteiger partial charge in [-0.3, -0.25) is 10.1 Å². The van der Waals surface area contributed by atoms with Crippen molar-refractivity contribution in [2.75, 3.05) is 11.9 Å². The molecule has 0 unspecified atom stereocenters. The molecular weight excluding hydrogens is 316 g/mol. The molecule has 1 aliphatic carbocycles. The third-order valence-electron chi connectivity index (χ3n) is 3.71. The Labute approximate surface area is 140 Å². The molecule has 1 amide bonds. The van der Waals surface area contributed by atoms with Gasteiger partial charge in [0.2, 0.25) is 0 Å². The van der Waals surface area contributed by atoms with Crippen LogP contribution in [0.1, 0.15) is 48.7 Å². The standard InChI is InChI=1S/C17H19ClN2O3/c1-10(2)13-9-23-17(19-13)20-16(21)15-12(18)4-3-5-14(15)22-8-11-6-7-11/h3-5,9-11H,6-8H2,1-2H3,(H,19,20,21). The van der Waals surface area contributed by atoms with Gasteiger partial charge in [-0.2, -0.15) is 4.98 Å². The Kier molecular flexibility index (Phi) is 4.57. The molecule has 1 fully saturated rings. The minimum Gasteiger partial charge on any atom is -0.492 e. The van der Waals surface area contributed by atoms with Crippen LogP contribution < -0.4 is 10.1 Å². The highest BCUT2D eigenvalue weighted by Gasteiger charge is 2.24. The molecule has 1 aromatic carbocycles. The molecule has 0 radical (unpaired) electrons. The zero-order valence-electron chi connectivity index (χ0n) is 13.1. The summed E-state index contributed by atoms with van der Waals surface area (Å²) in [5, 5.41) is 2.98. The summed E-state index contributed by atoms with van der Waals surface area (Å²) in [6.45, 7) is 4.61. The van der Waals surface area contributed by atoms with Crippen molar-refractivity contribution >= 4 is 23.5 Å². The summed E-state index contributed by atoms with van der Waals surface area (Å²) < 4.78 is 11.0. The summed E-state index contributed by atoms with van der Waals surface area (Å²) in [4.78, 5) is 16.8. The molecule has 1 aliphatic rings. The first-order valence-electron chi connectivity index (χ1n) is 7.72. The Morgan fingerprint density at radius 2 is 2.26 bits per heavy atom. The fourth-order valence-electron chi connectivity index (χ4n) is 2.11. The van der Waals surface area contributed by atoms with E-state index in [1.165, 1.54) is 19.1 Å². The molecule has 1 N–H and O–H groups in total. The predicted octanol–water partition coefficient (Wildman–Crippen LogP) is 4.49. The molecule has 0 atom stereocenters. The molecule has 0 spiro atoms. The Morgan fingerprint density at radius 1 is 1.48 bits per heavy atom. The number of anilines is 1. The van der Waals surface area contributed by atoms with Crippen LogP contribution in [0.2, 0.25) is 5.02 Å². The largest absolute Gasteiger partial charge is 0.492 e. The number of ether oxygens (including phenoxy) is 1. The predicted molar refractivity (Wildman–Crippen MR) is 88.2 cm³/mol. The first-order valence-corrected chi connectivity index (χ1v) is 8.10. The van der Waals surface area contributed by atoms with Crippen LogP contribution in [0.3, 0.4) is 0 Å². The maximum Gasteiger partial charge on any atom is 0.301 e. The average molecular weight is 335 g/mol. The molecule has 1 heterocycles. The van der Waals surface area contributed by atoms with E-state index in [4.69, 9.17) is 20.8 Å². The van der Waals surface area contributed by atoms with Gasteiger partial charge in [0.15, 0.2) is 0 Å². The number of hydrogen-bond donors (Lipinski definition) is 1. The summed E-state index contributed by atoms with van der Waals surface area (Å²) in [5.74, 6) is 0.906. The van der Waals surface area contributed by atoms with Gasteiger partial charge >= 0.3 is 6.01 Å². The molecule has 1 saturated carbocycles. The fraction of sp³-hybridized carbons (Fsp3) is 0.412. The van der Waals surface area contributed by atoms with Gasteiger partial charge in [-0.1, -0.05) is 31.5 Å². The Hall–Kier alpha value is -2.01. The number of nitrogens with one attached hydrogen (secondary N) is 1. The second kappa shape index (κ2) is 6.62. The number of hydrogen-bond acceptors (Lipinski definition) is 4. The van der Waals surface area contributed by atoms with Gasteiger partial charge in [0.25, 0.3) is 5.91 Å². The normalized spacial score (nSPS) is 14.1. The second-order valence-corrected chi connectivity index (χ2v) is 6.46. The number of oxazole rings is 1. The van der Waals surface area contributed by atoms with Crippen molar-refractivity contribution in [3.63, 3.8) is 0 Å². The van der Waals surface area contributed by atoms with E-state index in [9.17, 15) is 4.79 Å². The molecule has 0 saturated heterocycles. The van der Waals surface area contributed by atoms with Crippen LogP contribution in [-0.4, -0.2) is 17.5 Å². The van der Waals surface area contributed by atoms with E-state index in [2.05, 4.69) is 10.3 Å². The van der Waals surface area contributed by atoms with Gasteiger partial charge in [0, 0.05) is 0 Å². The lowest BCUT2D eigenvalue weighted by atomic mass is 10.2. The second-order valence-electron chi connectivity index (χ2n) is 6.05. The third kappa shape index (κ3) is 3.85. The van der Waals surface area contributed by atoms with E-state index >= 15 is 0 Å². The lowest BCUT2D eigenvalue weighted by Gasteiger charge is -2.11. The number of carbonyl (C=O) groups is 1. The molecule has 1 aromatic heterocycles. The number of aromatic nitrogens is 1. The number of carbonyl (C=O) groups excluding carboxylic acids is 1. The summed E-state index contributed by atoms with van der Waals surface area (Å²) in [6, 6.07) is 5.34. The van der Waals surface area contributed by atoms with Gasteiger partial charge in [0.05, 0.1) is 17.3 Å². The van der Waals surface area contributed by atoms with Crippen LogP contribution in [-0.2, 0) is 0 Å². The van der Waals surface area contributed by atoms with Crippen LogP contribution in [0.25, 0.3) is 0 Å². The molecule has 6 heteroatoms. The Balaban J connectivity index is 1.76. The highest BCUT2D eigenvalue weighted by molar-refractivity contribution is 6.34. The van der Waals surface area contributed by atoms with Crippen molar-refractivity contribution in [1.82, 2.24) is 4.98 Å². The van der Waals surface area contributed by atoms with Crippen LogP contribution >= 0.6 is 11.6 Å². The van der Waals surface area contributed by atoms with Gasteiger partial charge in [0.1, 0.15) is 17.6 Å². The smallest absolute Gasteiger partial charge is 0.301 e. The van der Waals surface area contributed by atoms with Gasteiger partial charge in [-0.25, -0.2) is 0 Å². The fourth-order valence-corrected chi connectivity index (χ4v) is 2.36. The molecule has 3 rings (SSSR count). The summed E-state index contributed by atoms with van der Waals surface area (Å²) in [5.41, 5.74) is 1.09. The number of nitrogens with zero attached hydrogens (tertiary/aromatic N) is 1. The molecule has 5 nitrogen and oxygen atoms in total. The summed E-state index contributed by atoms with van der Waals surface area (Å²) >= 11 is 6.19. The van der Waals surface area contributed by atoms with Crippen molar-refractivity contribution in [3.05, 3.63) is 40.7 Å². The highest BCUT2D eigenvalue weighted by Crippen LogP contribution is 2.32. The number of rotatable bonds is 6. The molecule has 122 valence electrons. The molecule has 23 heavy (non-hydrogen) atoms. The lowest BCUT2D eigenvalue weighted by Crippen LogP contribution is -2.15. The molecular formula is C17H19ClN2O3. The summed E-state index contributed by atoms with van der Waals surface area (Å²) in [6.07, 6.45) is 3.89. The number of halogens is 1. The van der Waals surface area contributed by atoms with Gasteiger partial charge in [-0.15, -0.1) is 0 Å².